The van der Waals surface area contributed by atoms with Crippen LogP contribution in [0.15, 0.2) is 18.2 Å². The minimum absolute atomic E-state index is 1.28. The summed E-state index contributed by atoms with van der Waals surface area (Å²) in [5.41, 5.74) is 4.88. The molecule has 24 heavy (non-hydrogen) atoms. The Kier molecular flexibility index (Phi) is 12.9. The lowest BCUT2D eigenvalue weighted by molar-refractivity contribution is 0.648. The van der Waals surface area contributed by atoms with Crippen LogP contribution in [0.2, 0.25) is 0 Å². The molecule has 0 saturated heterocycles. The monoisotopic (exact) mass is 330 g/mol. The number of rotatable bonds is 15. The van der Waals surface area contributed by atoms with Gasteiger partial charge >= 0.3 is 0 Å². The number of benzene rings is 1. The zero-order chi connectivity index (χ0) is 17.5. The van der Waals surface area contributed by atoms with Crippen molar-refractivity contribution in [2.45, 2.75) is 117 Å². The molecule has 0 radical (unpaired) electrons. The Morgan fingerprint density at radius 3 is 1.54 bits per heavy atom. The molecule has 138 valence electrons. The lowest BCUT2D eigenvalue weighted by Gasteiger charge is -2.12. The van der Waals surface area contributed by atoms with Gasteiger partial charge in [0.05, 0.1) is 0 Å². The summed E-state index contributed by atoms with van der Waals surface area (Å²) in [5.74, 6) is 0. The highest BCUT2D eigenvalue weighted by Gasteiger charge is 2.05. The molecule has 0 amide bonds. The Labute approximate surface area is 152 Å². The molecule has 0 spiro atoms. The van der Waals surface area contributed by atoms with Crippen LogP contribution in [-0.4, -0.2) is 0 Å². The topological polar surface area (TPSA) is 0 Å². The first-order chi connectivity index (χ1) is 11.8. The third-order valence-electron chi connectivity index (χ3n) is 5.19. The lowest BCUT2D eigenvalue weighted by Crippen LogP contribution is -1.98. The van der Waals surface area contributed by atoms with Crippen LogP contribution in [0.4, 0.5) is 0 Å². The van der Waals surface area contributed by atoms with E-state index in [-0.39, 0.29) is 0 Å². The Hall–Kier alpha value is -0.780. The van der Waals surface area contributed by atoms with E-state index in [2.05, 4.69) is 39.0 Å². The fraction of sp³-hybridized carbons (Fsp3) is 0.750. The fourth-order valence-electron chi connectivity index (χ4n) is 3.55. The maximum absolute atomic E-state index is 2.55. The third kappa shape index (κ3) is 9.50. The third-order valence-corrected chi connectivity index (χ3v) is 5.19. The smallest absolute Gasteiger partial charge is 0.0276 e. The Balaban J connectivity index is 2.58. The highest BCUT2D eigenvalue weighted by Crippen LogP contribution is 2.20. The van der Waals surface area contributed by atoms with Crippen molar-refractivity contribution in [1.82, 2.24) is 0 Å². The summed E-state index contributed by atoms with van der Waals surface area (Å²) in [7, 11) is 0. The second kappa shape index (κ2) is 14.6. The van der Waals surface area contributed by atoms with Crippen molar-refractivity contribution in [3.8, 4) is 0 Å². The van der Waals surface area contributed by atoms with Gasteiger partial charge in [0.15, 0.2) is 0 Å². The highest BCUT2D eigenvalue weighted by atomic mass is 14.1. The summed E-state index contributed by atoms with van der Waals surface area (Å²) in [6.45, 7) is 6.89. The van der Waals surface area contributed by atoms with E-state index in [1.165, 1.54) is 96.3 Å². The number of unbranched alkanes of at least 4 members (excludes halogenated alkanes) is 9. The summed E-state index contributed by atoms with van der Waals surface area (Å²) in [4.78, 5) is 0. The average molecular weight is 331 g/mol. The van der Waals surface area contributed by atoms with Gasteiger partial charge in [-0.05, 0) is 55.2 Å². The molecule has 0 atom stereocenters. The molecular weight excluding hydrogens is 288 g/mol. The zero-order valence-electron chi connectivity index (χ0n) is 16.8. The van der Waals surface area contributed by atoms with E-state index in [9.17, 15) is 0 Å². The van der Waals surface area contributed by atoms with Crippen LogP contribution in [0.3, 0.4) is 0 Å². The molecule has 0 aliphatic rings. The van der Waals surface area contributed by atoms with Crippen molar-refractivity contribution < 1.29 is 0 Å². The second-order valence-electron chi connectivity index (χ2n) is 7.54. The van der Waals surface area contributed by atoms with Crippen molar-refractivity contribution in [1.29, 1.82) is 0 Å². The van der Waals surface area contributed by atoms with Crippen molar-refractivity contribution in [3.05, 3.63) is 34.9 Å². The minimum Gasteiger partial charge on any atom is -0.0654 e. The van der Waals surface area contributed by atoms with Gasteiger partial charge in [-0.25, -0.2) is 0 Å². The van der Waals surface area contributed by atoms with E-state index in [0.717, 1.165) is 0 Å². The van der Waals surface area contributed by atoms with Gasteiger partial charge in [0.1, 0.15) is 0 Å². The van der Waals surface area contributed by atoms with E-state index < -0.39 is 0 Å². The maximum Gasteiger partial charge on any atom is -0.0276 e. The summed E-state index contributed by atoms with van der Waals surface area (Å²) >= 11 is 0. The molecule has 1 rings (SSSR count). The highest BCUT2D eigenvalue weighted by molar-refractivity contribution is 5.32. The number of hydrogen-bond acceptors (Lipinski definition) is 0. The molecule has 0 aliphatic heterocycles. The number of hydrogen-bond donors (Lipinski definition) is 0. The Morgan fingerprint density at radius 2 is 1.00 bits per heavy atom. The summed E-state index contributed by atoms with van der Waals surface area (Å²) in [6, 6.07) is 7.42. The van der Waals surface area contributed by atoms with Crippen LogP contribution in [0.1, 0.15) is 115 Å². The predicted molar refractivity (Wildman–Crippen MR) is 110 cm³/mol. The van der Waals surface area contributed by atoms with E-state index in [0.29, 0.717) is 0 Å². The molecule has 0 N–H and O–H groups in total. The Bertz CT molecular complexity index is 404. The predicted octanol–water partition coefficient (Wildman–Crippen LogP) is 8.06. The molecule has 0 aliphatic carbocycles. The molecule has 0 saturated carbocycles. The number of aryl methyl sites for hydroxylation is 3. The average Bonchev–Trinajstić information content (AvgIpc) is 2.60. The molecule has 0 fully saturated rings. The van der Waals surface area contributed by atoms with Gasteiger partial charge in [-0.2, -0.15) is 0 Å². The van der Waals surface area contributed by atoms with Crippen molar-refractivity contribution in [2.24, 2.45) is 0 Å². The van der Waals surface area contributed by atoms with E-state index in [4.69, 9.17) is 0 Å². The maximum atomic E-state index is 2.55. The van der Waals surface area contributed by atoms with Gasteiger partial charge in [0.2, 0.25) is 0 Å². The standard InChI is InChI=1S/C24H42/c1-4-7-10-13-16-22-19-20-23(17-14-11-8-5-2)24(21-22)18-15-12-9-6-3/h19-21H,4-18H2,1-3H3. The summed E-state index contributed by atoms with van der Waals surface area (Å²) in [6.07, 6.45) is 20.3. The van der Waals surface area contributed by atoms with Gasteiger partial charge < -0.3 is 0 Å². The van der Waals surface area contributed by atoms with Crippen molar-refractivity contribution in [2.75, 3.05) is 0 Å². The molecule has 0 aromatic heterocycles. The van der Waals surface area contributed by atoms with Crippen LogP contribution in [0, 0.1) is 0 Å². The second-order valence-corrected chi connectivity index (χ2v) is 7.54. The minimum atomic E-state index is 1.28. The van der Waals surface area contributed by atoms with Gasteiger partial charge in [0.25, 0.3) is 0 Å². The van der Waals surface area contributed by atoms with E-state index in [1.807, 2.05) is 0 Å². The van der Waals surface area contributed by atoms with E-state index >= 15 is 0 Å². The molecule has 0 unspecified atom stereocenters. The normalized spacial score (nSPS) is 11.1. The quantitative estimate of drug-likeness (QED) is 0.285. The van der Waals surface area contributed by atoms with Crippen LogP contribution in [0.25, 0.3) is 0 Å². The van der Waals surface area contributed by atoms with Gasteiger partial charge in [0, 0.05) is 0 Å². The van der Waals surface area contributed by atoms with Crippen LogP contribution in [0.5, 0.6) is 0 Å². The Morgan fingerprint density at radius 1 is 0.500 bits per heavy atom. The van der Waals surface area contributed by atoms with Crippen LogP contribution in [-0.2, 0) is 19.3 Å². The first-order valence-electron chi connectivity index (χ1n) is 10.9. The van der Waals surface area contributed by atoms with Gasteiger partial charge in [-0.15, -0.1) is 0 Å². The van der Waals surface area contributed by atoms with Crippen molar-refractivity contribution >= 4 is 0 Å². The molecular formula is C24H42. The van der Waals surface area contributed by atoms with Crippen molar-refractivity contribution in [3.63, 3.8) is 0 Å². The molecule has 0 heterocycles. The fourth-order valence-corrected chi connectivity index (χ4v) is 3.55. The van der Waals surface area contributed by atoms with Crippen LogP contribution < -0.4 is 0 Å². The first kappa shape index (κ1) is 21.3. The summed E-state index contributed by atoms with van der Waals surface area (Å²) in [5, 5.41) is 0. The summed E-state index contributed by atoms with van der Waals surface area (Å²) < 4.78 is 0. The molecule has 0 heteroatoms. The zero-order valence-corrected chi connectivity index (χ0v) is 16.8. The van der Waals surface area contributed by atoms with E-state index in [1.54, 1.807) is 16.7 Å². The largest absolute Gasteiger partial charge is 0.0654 e. The molecule has 0 nitrogen and oxygen atoms in total. The van der Waals surface area contributed by atoms with Gasteiger partial charge in [-0.3, -0.25) is 0 Å². The SMILES string of the molecule is CCCCCCc1ccc(CCCCCC)c(CCCCCC)c1. The molecule has 1 aromatic carbocycles. The van der Waals surface area contributed by atoms with Gasteiger partial charge in [-0.1, -0.05) is 96.8 Å². The molecule has 1 aromatic rings. The first-order valence-corrected chi connectivity index (χ1v) is 10.9. The molecule has 0 bridgehead atoms. The van der Waals surface area contributed by atoms with Crippen LogP contribution >= 0.6 is 0 Å². The lowest BCUT2D eigenvalue weighted by atomic mass is 9.93.